The first kappa shape index (κ1) is 19.0. The van der Waals surface area contributed by atoms with E-state index in [2.05, 4.69) is 22.3 Å². The number of carbonyl (C=O) groups excluding carboxylic acids is 1. The Bertz CT molecular complexity index is 1360. The molecule has 5 nitrogen and oxygen atoms in total. The summed E-state index contributed by atoms with van der Waals surface area (Å²) >= 11 is 0. The molecule has 2 heterocycles. The maximum Gasteiger partial charge on any atom is 0.196 e. The van der Waals surface area contributed by atoms with Gasteiger partial charge in [-0.3, -0.25) is 4.79 Å². The van der Waals surface area contributed by atoms with Gasteiger partial charge >= 0.3 is 0 Å². The van der Waals surface area contributed by atoms with Crippen LogP contribution in [0.2, 0.25) is 0 Å². The molecule has 1 aliphatic heterocycles. The number of nitrogens with one attached hydrogen (secondary N) is 1. The van der Waals surface area contributed by atoms with Crippen molar-refractivity contribution in [1.29, 1.82) is 0 Å². The van der Waals surface area contributed by atoms with Crippen molar-refractivity contribution in [3.8, 4) is 11.3 Å². The number of anilines is 3. The Kier molecular flexibility index (Phi) is 4.28. The molecule has 160 valence electrons. The molecule has 2 aliphatic rings. The van der Waals surface area contributed by atoms with E-state index >= 15 is 0 Å². The van der Waals surface area contributed by atoms with Crippen LogP contribution in [-0.2, 0) is 0 Å². The third-order valence-electron chi connectivity index (χ3n) is 6.50. The van der Waals surface area contributed by atoms with Crippen molar-refractivity contribution in [1.82, 2.24) is 5.16 Å². The molecule has 1 aromatic heterocycles. The molecular formula is C26H22FN3O2. The summed E-state index contributed by atoms with van der Waals surface area (Å²) in [4.78, 5) is 15.9. The van der Waals surface area contributed by atoms with E-state index in [1.807, 2.05) is 30.3 Å². The molecule has 0 unspecified atom stereocenters. The number of piperidine rings is 1. The van der Waals surface area contributed by atoms with Crippen molar-refractivity contribution in [2.24, 2.45) is 5.92 Å². The van der Waals surface area contributed by atoms with Crippen LogP contribution in [0, 0.1) is 11.7 Å². The summed E-state index contributed by atoms with van der Waals surface area (Å²) < 4.78 is 19.3. The fourth-order valence-electron chi connectivity index (χ4n) is 4.98. The molecule has 0 bridgehead atoms. The number of hydrogen-bond acceptors (Lipinski definition) is 5. The summed E-state index contributed by atoms with van der Waals surface area (Å²) in [5.41, 5.74) is 4.99. The summed E-state index contributed by atoms with van der Waals surface area (Å²) in [6.07, 6.45) is 2.31. The van der Waals surface area contributed by atoms with Gasteiger partial charge < -0.3 is 14.7 Å². The molecule has 1 aliphatic carbocycles. The molecular weight excluding hydrogens is 405 g/mol. The minimum Gasteiger partial charge on any atom is -0.369 e. The van der Waals surface area contributed by atoms with Gasteiger partial charge in [0.25, 0.3) is 0 Å². The number of fused-ring (bicyclic) bond motifs is 2. The lowest BCUT2D eigenvalue weighted by Gasteiger charge is -2.33. The Morgan fingerprint density at radius 3 is 2.69 bits per heavy atom. The molecule has 6 rings (SSSR count). The van der Waals surface area contributed by atoms with Gasteiger partial charge in [0.2, 0.25) is 0 Å². The standard InChI is InChI=1S/C26H22FN3O2/c1-15-5-4-12-30(14-15)21-13-20(28-17-10-8-16(27)9-11-17)22-23-24(21)29-32-26(23)19-7-3-2-6-18(19)25(22)31/h2-3,6-11,13,15,28H,4-5,12,14H2,1H3/t15-/m0/s1. The molecule has 6 heteroatoms. The van der Waals surface area contributed by atoms with Gasteiger partial charge in [-0.25, -0.2) is 4.39 Å². The number of benzene rings is 3. The highest BCUT2D eigenvalue weighted by molar-refractivity contribution is 6.28. The first-order valence-corrected chi connectivity index (χ1v) is 11.0. The van der Waals surface area contributed by atoms with Gasteiger partial charge in [-0.2, -0.15) is 0 Å². The molecule has 1 atom stereocenters. The van der Waals surface area contributed by atoms with Gasteiger partial charge in [-0.15, -0.1) is 0 Å². The fourth-order valence-corrected chi connectivity index (χ4v) is 4.98. The molecule has 0 radical (unpaired) electrons. The van der Waals surface area contributed by atoms with E-state index in [1.165, 1.54) is 18.6 Å². The summed E-state index contributed by atoms with van der Waals surface area (Å²) in [5, 5.41) is 8.54. The van der Waals surface area contributed by atoms with E-state index < -0.39 is 0 Å². The zero-order valence-corrected chi connectivity index (χ0v) is 17.7. The lowest BCUT2D eigenvalue weighted by Crippen LogP contribution is -2.34. The van der Waals surface area contributed by atoms with Gasteiger partial charge in [-0.1, -0.05) is 36.3 Å². The number of hydrogen-bond donors (Lipinski definition) is 1. The fraction of sp³-hybridized carbons (Fsp3) is 0.231. The third-order valence-corrected chi connectivity index (χ3v) is 6.50. The lowest BCUT2D eigenvalue weighted by molar-refractivity contribution is 0.104. The van der Waals surface area contributed by atoms with Crippen LogP contribution in [0.5, 0.6) is 0 Å². The first-order valence-electron chi connectivity index (χ1n) is 11.0. The van der Waals surface area contributed by atoms with Gasteiger partial charge in [-0.05, 0) is 49.1 Å². The summed E-state index contributed by atoms with van der Waals surface area (Å²) in [6, 6.07) is 15.6. The second kappa shape index (κ2) is 7.19. The largest absolute Gasteiger partial charge is 0.369 e. The van der Waals surface area contributed by atoms with Crippen LogP contribution in [0.15, 0.2) is 59.1 Å². The van der Waals surface area contributed by atoms with Gasteiger partial charge in [0, 0.05) is 29.9 Å². The van der Waals surface area contributed by atoms with Crippen LogP contribution < -0.4 is 10.2 Å². The monoisotopic (exact) mass is 427 g/mol. The number of aromatic nitrogens is 1. The number of halogens is 1. The van der Waals surface area contributed by atoms with E-state index in [0.717, 1.165) is 41.7 Å². The van der Waals surface area contributed by atoms with Crippen LogP contribution in [0.3, 0.4) is 0 Å². The van der Waals surface area contributed by atoms with Crippen molar-refractivity contribution in [2.75, 3.05) is 23.3 Å². The quantitative estimate of drug-likeness (QED) is 0.374. The molecule has 0 saturated carbocycles. The third kappa shape index (κ3) is 2.90. The van der Waals surface area contributed by atoms with Gasteiger partial charge in [0.15, 0.2) is 11.5 Å². The van der Waals surface area contributed by atoms with E-state index in [9.17, 15) is 9.18 Å². The van der Waals surface area contributed by atoms with Gasteiger partial charge in [0.05, 0.1) is 22.3 Å². The molecule has 3 aromatic carbocycles. The minimum absolute atomic E-state index is 0.0653. The van der Waals surface area contributed by atoms with Gasteiger partial charge in [0.1, 0.15) is 11.3 Å². The van der Waals surface area contributed by atoms with Crippen molar-refractivity contribution in [3.05, 3.63) is 71.5 Å². The Hall–Kier alpha value is -3.67. The molecule has 4 aromatic rings. The smallest absolute Gasteiger partial charge is 0.196 e. The second-order valence-corrected chi connectivity index (χ2v) is 8.75. The van der Waals surface area contributed by atoms with E-state index in [-0.39, 0.29) is 11.6 Å². The Morgan fingerprint density at radius 1 is 1.12 bits per heavy atom. The zero-order chi connectivity index (χ0) is 21.8. The van der Waals surface area contributed by atoms with Crippen LogP contribution >= 0.6 is 0 Å². The molecule has 0 amide bonds. The Morgan fingerprint density at radius 2 is 1.91 bits per heavy atom. The topological polar surface area (TPSA) is 58.4 Å². The van der Waals surface area contributed by atoms with Crippen LogP contribution in [0.4, 0.5) is 21.5 Å². The maximum atomic E-state index is 13.6. The first-order chi connectivity index (χ1) is 15.6. The summed E-state index contributed by atoms with van der Waals surface area (Å²) in [6.45, 7) is 4.12. The SMILES string of the molecule is C[C@H]1CCCN(c2cc(Nc3ccc(F)cc3)c3c4c(onc24)-c2ccccc2C3=O)C1. The zero-order valence-electron chi connectivity index (χ0n) is 17.7. The second-order valence-electron chi connectivity index (χ2n) is 8.75. The molecule has 0 spiro atoms. The number of rotatable bonds is 3. The van der Waals surface area contributed by atoms with Crippen LogP contribution in [-0.4, -0.2) is 24.0 Å². The normalized spacial score (nSPS) is 17.5. The summed E-state index contributed by atoms with van der Waals surface area (Å²) in [7, 11) is 0. The molecule has 1 N–H and O–H groups in total. The minimum atomic E-state index is -0.304. The van der Waals surface area contributed by atoms with E-state index in [0.29, 0.717) is 34.2 Å². The predicted molar refractivity (Wildman–Crippen MR) is 123 cm³/mol. The highest BCUT2D eigenvalue weighted by Gasteiger charge is 2.34. The van der Waals surface area contributed by atoms with Crippen molar-refractivity contribution < 1.29 is 13.7 Å². The van der Waals surface area contributed by atoms with Crippen molar-refractivity contribution in [2.45, 2.75) is 19.8 Å². The highest BCUT2D eigenvalue weighted by Crippen LogP contribution is 2.46. The van der Waals surface area contributed by atoms with Crippen LogP contribution in [0.25, 0.3) is 22.2 Å². The molecule has 32 heavy (non-hydrogen) atoms. The maximum absolute atomic E-state index is 13.6. The molecule has 1 saturated heterocycles. The van der Waals surface area contributed by atoms with Crippen molar-refractivity contribution in [3.63, 3.8) is 0 Å². The Labute approximate surface area is 184 Å². The predicted octanol–water partition coefficient (Wildman–Crippen LogP) is 6.16. The van der Waals surface area contributed by atoms with E-state index in [1.54, 1.807) is 12.1 Å². The Balaban J connectivity index is 1.60. The number of nitrogens with zero attached hydrogens (tertiary/aromatic N) is 2. The molecule has 1 fully saturated rings. The lowest BCUT2D eigenvalue weighted by atomic mass is 9.86. The highest BCUT2D eigenvalue weighted by atomic mass is 19.1. The van der Waals surface area contributed by atoms with Crippen molar-refractivity contribution >= 4 is 33.7 Å². The number of carbonyl (C=O) groups is 1. The average molecular weight is 427 g/mol. The average Bonchev–Trinajstić information content (AvgIpc) is 3.24. The summed E-state index contributed by atoms with van der Waals surface area (Å²) in [5.74, 6) is 0.832. The van der Waals surface area contributed by atoms with Crippen LogP contribution in [0.1, 0.15) is 35.7 Å². The van der Waals surface area contributed by atoms with E-state index in [4.69, 9.17) is 4.52 Å². The number of ketones is 1.